The largest absolute Gasteiger partial charge is 0.345 e. The first-order valence-electron chi connectivity index (χ1n) is 10.1. The van der Waals surface area contributed by atoms with Crippen LogP contribution in [0.1, 0.15) is 21.5 Å². The minimum absolute atomic E-state index is 0.0792. The maximum Gasteiger partial charge on any atom is 0.253 e. The van der Waals surface area contributed by atoms with Gasteiger partial charge in [-0.25, -0.2) is 17.7 Å². The molecule has 0 radical (unpaired) electrons. The molecule has 0 spiro atoms. The van der Waals surface area contributed by atoms with Gasteiger partial charge in [0.25, 0.3) is 5.91 Å². The number of hydrogen-bond acceptors (Lipinski definition) is 6. The van der Waals surface area contributed by atoms with Crippen molar-refractivity contribution in [1.82, 2.24) is 14.2 Å². The highest BCUT2D eigenvalue weighted by Crippen LogP contribution is 2.33. The first-order valence-corrected chi connectivity index (χ1v) is 12.4. The van der Waals surface area contributed by atoms with Crippen LogP contribution in [-0.4, -0.2) is 68.8 Å². The summed E-state index contributed by atoms with van der Waals surface area (Å²) in [6, 6.07) is 10.4. The number of amides is 1. The topological polar surface area (TPSA) is 73.8 Å². The highest BCUT2D eigenvalue weighted by Gasteiger charge is 2.25. The minimum atomic E-state index is -3.50. The Morgan fingerprint density at radius 2 is 1.58 bits per heavy atom. The molecule has 3 aromatic rings. The van der Waals surface area contributed by atoms with Crippen LogP contribution in [0.4, 0.5) is 5.13 Å². The number of sulfonamides is 1. The van der Waals surface area contributed by atoms with E-state index in [4.69, 9.17) is 4.98 Å². The summed E-state index contributed by atoms with van der Waals surface area (Å²) in [4.78, 5) is 22.0. The Kier molecular flexibility index (Phi) is 5.76. The minimum Gasteiger partial charge on any atom is -0.345 e. The number of aromatic nitrogens is 1. The number of benzene rings is 2. The summed E-state index contributed by atoms with van der Waals surface area (Å²) in [5, 5.41) is 0.998. The lowest BCUT2D eigenvalue weighted by Crippen LogP contribution is -2.48. The van der Waals surface area contributed by atoms with Gasteiger partial charge in [-0.3, -0.25) is 4.79 Å². The summed E-state index contributed by atoms with van der Waals surface area (Å²) in [6.45, 7) is 6.83. The Hall–Kier alpha value is -2.49. The van der Waals surface area contributed by atoms with Gasteiger partial charge in [-0.15, -0.1) is 0 Å². The molecule has 164 valence electrons. The maximum atomic E-state index is 12.9. The second-order valence-corrected chi connectivity index (χ2v) is 11.1. The van der Waals surface area contributed by atoms with Crippen LogP contribution in [0.25, 0.3) is 10.2 Å². The number of piperazine rings is 1. The number of rotatable bonds is 4. The monoisotopic (exact) mass is 458 g/mol. The van der Waals surface area contributed by atoms with E-state index >= 15 is 0 Å². The van der Waals surface area contributed by atoms with Gasteiger partial charge >= 0.3 is 0 Å². The molecule has 2 heterocycles. The molecule has 1 amide bonds. The van der Waals surface area contributed by atoms with Crippen LogP contribution in [0.2, 0.25) is 0 Å². The van der Waals surface area contributed by atoms with Gasteiger partial charge in [-0.1, -0.05) is 23.5 Å². The van der Waals surface area contributed by atoms with Gasteiger partial charge in [0, 0.05) is 45.8 Å². The van der Waals surface area contributed by atoms with E-state index in [0.29, 0.717) is 18.7 Å². The van der Waals surface area contributed by atoms with Gasteiger partial charge in [-0.05, 0) is 49.2 Å². The summed E-state index contributed by atoms with van der Waals surface area (Å²) in [5.41, 5.74) is 3.97. The lowest BCUT2D eigenvalue weighted by molar-refractivity contribution is 0.0746. The quantitative estimate of drug-likeness (QED) is 0.601. The van der Waals surface area contributed by atoms with Crippen molar-refractivity contribution in [3.63, 3.8) is 0 Å². The van der Waals surface area contributed by atoms with E-state index in [0.717, 1.165) is 28.0 Å². The Labute approximate surface area is 187 Å². The molecule has 2 aromatic carbocycles. The molecule has 0 bridgehead atoms. The SMILES string of the molecule is Cc1ccc(C)c2sc(N3CCN(C(=O)c4ccc(S(=O)(=O)N(C)C)cc4)CC3)nc12. The van der Waals surface area contributed by atoms with Gasteiger partial charge in [0.1, 0.15) is 0 Å². The lowest BCUT2D eigenvalue weighted by Gasteiger charge is -2.34. The van der Waals surface area contributed by atoms with Crippen LogP contribution < -0.4 is 4.90 Å². The zero-order valence-electron chi connectivity index (χ0n) is 18.1. The second-order valence-electron chi connectivity index (χ2n) is 7.96. The van der Waals surface area contributed by atoms with E-state index in [-0.39, 0.29) is 10.8 Å². The third-order valence-corrected chi connectivity index (χ3v) is 8.73. The van der Waals surface area contributed by atoms with Crippen molar-refractivity contribution in [2.24, 2.45) is 0 Å². The second kappa shape index (κ2) is 8.22. The summed E-state index contributed by atoms with van der Waals surface area (Å²) < 4.78 is 26.8. The van der Waals surface area contributed by atoms with Crippen molar-refractivity contribution in [3.8, 4) is 0 Å². The molecule has 1 aromatic heterocycles. The average molecular weight is 459 g/mol. The molecule has 1 aliphatic heterocycles. The summed E-state index contributed by atoms with van der Waals surface area (Å²) in [6.07, 6.45) is 0. The highest BCUT2D eigenvalue weighted by molar-refractivity contribution is 7.89. The number of carbonyl (C=O) groups is 1. The van der Waals surface area contributed by atoms with Crippen LogP contribution in [0, 0.1) is 13.8 Å². The predicted octanol–water partition coefficient (Wildman–Crippen LogP) is 3.13. The molecule has 9 heteroatoms. The van der Waals surface area contributed by atoms with Crippen molar-refractivity contribution < 1.29 is 13.2 Å². The molecule has 1 aliphatic rings. The number of nitrogens with zero attached hydrogens (tertiary/aromatic N) is 4. The van der Waals surface area contributed by atoms with E-state index in [9.17, 15) is 13.2 Å². The Morgan fingerprint density at radius 3 is 2.16 bits per heavy atom. The maximum absolute atomic E-state index is 12.9. The number of carbonyl (C=O) groups excluding carboxylic acids is 1. The molecule has 0 atom stereocenters. The molecule has 7 nitrogen and oxygen atoms in total. The van der Waals surface area contributed by atoms with Crippen molar-refractivity contribution in [3.05, 3.63) is 53.1 Å². The molecular formula is C22H26N4O3S2. The van der Waals surface area contributed by atoms with Gasteiger partial charge in [0.2, 0.25) is 10.0 Å². The highest BCUT2D eigenvalue weighted by atomic mass is 32.2. The van der Waals surface area contributed by atoms with E-state index < -0.39 is 10.0 Å². The number of aryl methyl sites for hydroxylation is 2. The number of anilines is 1. The number of thiazole rings is 1. The average Bonchev–Trinajstić information content (AvgIpc) is 3.23. The Balaban J connectivity index is 1.45. The van der Waals surface area contributed by atoms with Crippen LogP contribution in [0.3, 0.4) is 0 Å². The van der Waals surface area contributed by atoms with E-state index in [1.807, 2.05) is 4.90 Å². The molecule has 31 heavy (non-hydrogen) atoms. The lowest BCUT2D eigenvalue weighted by atomic mass is 10.1. The zero-order chi connectivity index (χ0) is 22.3. The van der Waals surface area contributed by atoms with E-state index in [1.165, 1.54) is 42.1 Å². The van der Waals surface area contributed by atoms with Gasteiger partial charge in [0.15, 0.2) is 5.13 Å². The first-order chi connectivity index (χ1) is 14.7. The van der Waals surface area contributed by atoms with Crippen molar-refractivity contribution in [2.75, 3.05) is 45.2 Å². The Morgan fingerprint density at radius 1 is 0.968 bits per heavy atom. The number of hydrogen-bond donors (Lipinski definition) is 0. The third-order valence-electron chi connectivity index (χ3n) is 5.65. The van der Waals surface area contributed by atoms with Crippen molar-refractivity contribution >= 4 is 42.6 Å². The molecule has 0 saturated carbocycles. The molecule has 0 N–H and O–H groups in total. The predicted molar refractivity (Wildman–Crippen MR) is 125 cm³/mol. The van der Waals surface area contributed by atoms with Crippen LogP contribution in [0.15, 0.2) is 41.3 Å². The summed E-state index contributed by atoms with van der Waals surface area (Å²) in [5.74, 6) is -0.0792. The number of fused-ring (bicyclic) bond motifs is 1. The zero-order valence-corrected chi connectivity index (χ0v) is 19.8. The first kappa shape index (κ1) is 21.7. The fraction of sp³-hybridized carbons (Fsp3) is 0.364. The Bertz CT molecular complexity index is 1190. The van der Waals surface area contributed by atoms with Gasteiger partial charge in [-0.2, -0.15) is 0 Å². The molecule has 0 unspecified atom stereocenters. The summed E-state index contributed by atoms with van der Waals surface area (Å²) in [7, 11) is -0.528. The van der Waals surface area contributed by atoms with Gasteiger partial charge < -0.3 is 9.80 Å². The van der Waals surface area contributed by atoms with Crippen LogP contribution >= 0.6 is 11.3 Å². The third kappa shape index (κ3) is 4.05. The molecule has 1 saturated heterocycles. The van der Waals surface area contributed by atoms with E-state index in [2.05, 4.69) is 30.9 Å². The molecule has 1 fully saturated rings. The van der Waals surface area contributed by atoms with Gasteiger partial charge in [0.05, 0.1) is 15.1 Å². The fourth-order valence-electron chi connectivity index (χ4n) is 3.65. The summed E-state index contributed by atoms with van der Waals surface area (Å²) >= 11 is 1.71. The van der Waals surface area contributed by atoms with Crippen molar-refractivity contribution in [1.29, 1.82) is 0 Å². The van der Waals surface area contributed by atoms with Crippen LogP contribution in [0.5, 0.6) is 0 Å². The van der Waals surface area contributed by atoms with Crippen LogP contribution in [-0.2, 0) is 10.0 Å². The molecule has 4 rings (SSSR count). The molecule has 0 aliphatic carbocycles. The normalized spacial score (nSPS) is 15.1. The molecular weight excluding hydrogens is 432 g/mol. The standard InChI is InChI=1S/C22H26N4O3S2/c1-15-5-6-16(2)20-19(15)23-22(30-20)26-13-11-25(12-14-26)21(27)17-7-9-18(10-8-17)31(28,29)24(3)4/h5-10H,11-14H2,1-4H3. The smallest absolute Gasteiger partial charge is 0.253 e. The van der Waals surface area contributed by atoms with E-state index in [1.54, 1.807) is 23.5 Å². The fourth-order valence-corrected chi connectivity index (χ4v) is 5.71. The van der Waals surface area contributed by atoms with Crippen molar-refractivity contribution in [2.45, 2.75) is 18.7 Å².